The van der Waals surface area contributed by atoms with Crippen molar-refractivity contribution in [2.45, 2.75) is 0 Å². The molecule has 2 nitrogen and oxygen atoms in total. The highest BCUT2D eigenvalue weighted by atomic mass is 16.4. The van der Waals surface area contributed by atoms with E-state index in [9.17, 15) is 9.90 Å². The molecule has 0 atom stereocenters. The zero-order valence-electron chi connectivity index (χ0n) is 9.21. The molecule has 0 amide bonds. The Kier molecular flexibility index (Phi) is 3.36. The minimum Gasteiger partial charge on any atom is -0.478 e. The molecule has 0 saturated heterocycles. The second kappa shape index (κ2) is 5.12. The smallest absolute Gasteiger partial charge is 0.336 e. The quantitative estimate of drug-likeness (QED) is 0.641. The van der Waals surface area contributed by atoms with Crippen LogP contribution in [0.5, 0.6) is 0 Å². The van der Waals surface area contributed by atoms with Crippen molar-refractivity contribution in [1.82, 2.24) is 0 Å². The highest BCUT2D eigenvalue weighted by molar-refractivity contribution is 6.20. The van der Waals surface area contributed by atoms with Crippen LogP contribution in [0, 0.1) is 0 Å². The Balaban J connectivity index is 2.44. The molecule has 0 aliphatic heterocycles. The molecule has 0 aliphatic rings. The van der Waals surface area contributed by atoms with Crippen LogP contribution in [-0.2, 0) is 4.79 Å². The number of carbonyl (C=O) groups is 1. The van der Waals surface area contributed by atoms with Crippen LogP contribution in [0.15, 0.2) is 60.7 Å². The van der Waals surface area contributed by atoms with Crippen LogP contribution >= 0.6 is 0 Å². The van der Waals surface area contributed by atoms with E-state index in [-0.39, 0.29) is 0 Å². The summed E-state index contributed by atoms with van der Waals surface area (Å²) in [7, 11) is 0. The molecule has 1 N–H and O–H groups in total. The minimum absolute atomic E-state index is 0.303. The van der Waals surface area contributed by atoms with Gasteiger partial charge in [0.1, 0.15) is 0 Å². The lowest BCUT2D eigenvalue weighted by molar-refractivity contribution is -0.130. The molecule has 2 aromatic rings. The van der Waals surface area contributed by atoms with Crippen molar-refractivity contribution in [3.8, 4) is 0 Å². The Morgan fingerprint density at radius 3 is 1.94 bits per heavy atom. The van der Waals surface area contributed by atoms with Gasteiger partial charge in [0, 0.05) is 0 Å². The van der Waals surface area contributed by atoms with E-state index in [0.717, 1.165) is 5.56 Å². The van der Waals surface area contributed by atoms with Gasteiger partial charge in [-0.05, 0) is 17.2 Å². The maximum absolute atomic E-state index is 11.2. The van der Waals surface area contributed by atoms with Gasteiger partial charge < -0.3 is 5.11 Å². The summed E-state index contributed by atoms with van der Waals surface area (Å²) in [6.07, 6.45) is 1.68. The molecule has 84 valence electrons. The third-order valence-electron chi connectivity index (χ3n) is 2.43. The molecule has 0 unspecified atom stereocenters. The van der Waals surface area contributed by atoms with Crippen molar-refractivity contribution in [2.75, 3.05) is 0 Å². The molecule has 0 spiro atoms. The van der Waals surface area contributed by atoms with Crippen molar-refractivity contribution in [1.29, 1.82) is 0 Å². The molecule has 17 heavy (non-hydrogen) atoms. The highest BCUT2D eigenvalue weighted by Gasteiger charge is 2.09. The van der Waals surface area contributed by atoms with Crippen molar-refractivity contribution in [3.05, 3.63) is 71.8 Å². The predicted molar refractivity (Wildman–Crippen MR) is 68.4 cm³/mol. The van der Waals surface area contributed by atoms with Gasteiger partial charge in [0.25, 0.3) is 0 Å². The van der Waals surface area contributed by atoms with Crippen molar-refractivity contribution in [3.63, 3.8) is 0 Å². The molecule has 0 bridgehead atoms. The largest absolute Gasteiger partial charge is 0.478 e. The number of hydrogen-bond donors (Lipinski definition) is 1. The van der Waals surface area contributed by atoms with Crippen LogP contribution in [0.4, 0.5) is 0 Å². The molecule has 0 radical (unpaired) electrons. The second-order valence-electron chi connectivity index (χ2n) is 3.64. The van der Waals surface area contributed by atoms with E-state index >= 15 is 0 Å². The Morgan fingerprint density at radius 1 is 0.882 bits per heavy atom. The maximum Gasteiger partial charge on any atom is 0.336 e. The van der Waals surface area contributed by atoms with Gasteiger partial charge in [-0.25, -0.2) is 4.79 Å². The van der Waals surface area contributed by atoms with Gasteiger partial charge in [0.05, 0.1) is 5.57 Å². The average molecular weight is 224 g/mol. The van der Waals surface area contributed by atoms with E-state index in [1.807, 2.05) is 48.5 Å². The predicted octanol–water partition coefficient (Wildman–Crippen LogP) is 3.31. The third kappa shape index (κ3) is 2.82. The summed E-state index contributed by atoms with van der Waals surface area (Å²) in [6.45, 7) is 0. The van der Waals surface area contributed by atoms with Gasteiger partial charge >= 0.3 is 5.97 Å². The molecular weight excluding hydrogens is 212 g/mol. The second-order valence-corrected chi connectivity index (χ2v) is 3.64. The number of rotatable bonds is 3. The standard InChI is InChI=1S/C15H12O2/c16-15(17)14(13-9-5-2-6-10-13)11-12-7-3-1-4-8-12/h1-11H,(H,16,17)/b14-11+. The average Bonchev–Trinajstić information content (AvgIpc) is 2.38. The van der Waals surface area contributed by atoms with Gasteiger partial charge in [-0.1, -0.05) is 60.7 Å². The first-order chi connectivity index (χ1) is 8.27. The Bertz CT molecular complexity index is 527. The third-order valence-corrected chi connectivity index (χ3v) is 2.43. The Morgan fingerprint density at radius 2 is 1.41 bits per heavy atom. The normalized spacial score (nSPS) is 11.2. The lowest BCUT2D eigenvalue weighted by Gasteiger charge is -2.02. The van der Waals surface area contributed by atoms with Crippen molar-refractivity contribution >= 4 is 17.6 Å². The molecule has 0 aliphatic carbocycles. The summed E-state index contributed by atoms with van der Waals surface area (Å²) >= 11 is 0. The number of carboxylic acid groups (broad SMARTS) is 1. The number of benzene rings is 2. The van der Waals surface area contributed by atoms with Gasteiger partial charge in [0.15, 0.2) is 0 Å². The van der Waals surface area contributed by atoms with Gasteiger partial charge in [-0.2, -0.15) is 0 Å². The first kappa shape index (κ1) is 11.1. The van der Waals surface area contributed by atoms with Gasteiger partial charge in [0.2, 0.25) is 0 Å². The van der Waals surface area contributed by atoms with Crippen LogP contribution < -0.4 is 0 Å². The molecule has 2 aromatic carbocycles. The zero-order valence-corrected chi connectivity index (χ0v) is 9.21. The summed E-state index contributed by atoms with van der Waals surface area (Å²) in [5.41, 5.74) is 1.90. The van der Waals surface area contributed by atoms with E-state index in [1.54, 1.807) is 18.2 Å². The van der Waals surface area contributed by atoms with Crippen molar-refractivity contribution < 1.29 is 9.90 Å². The fourth-order valence-corrected chi connectivity index (χ4v) is 1.60. The molecule has 2 rings (SSSR count). The lowest BCUT2D eigenvalue weighted by atomic mass is 10.0. The number of aliphatic carboxylic acids is 1. The molecule has 0 saturated carbocycles. The van der Waals surface area contributed by atoms with Crippen molar-refractivity contribution in [2.24, 2.45) is 0 Å². The SMILES string of the molecule is O=C(O)/C(=C/c1ccccc1)c1ccccc1. The van der Waals surface area contributed by atoms with E-state index in [2.05, 4.69) is 0 Å². The van der Waals surface area contributed by atoms with E-state index in [1.165, 1.54) is 0 Å². The maximum atomic E-state index is 11.2. The van der Waals surface area contributed by atoms with Crippen LogP contribution in [0.25, 0.3) is 11.6 Å². The summed E-state index contributed by atoms with van der Waals surface area (Å²) in [5.74, 6) is -0.917. The van der Waals surface area contributed by atoms with Crippen LogP contribution in [0.1, 0.15) is 11.1 Å². The summed E-state index contributed by atoms with van der Waals surface area (Å²) in [4.78, 5) is 11.2. The Hall–Kier alpha value is -2.35. The Labute approximate surface area is 99.8 Å². The molecule has 0 aromatic heterocycles. The summed E-state index contributed by atoms with van der Waals surface area (Å²) in [5, 5.41) is 9.22. The summed E-state index contributed by atoms with van der Waals surface area (Å²) in [6, 6.07) is 18.6. The van der Waals surface area contributed by atoms with E-state index in [0.29, 0.717) is 11.1 Å². The number of hydrogen-bond acceptors (Lipinski definition) is 1. The number of carboxylic acids is 1. The van der Waals surface area contributed by atoms with Gasteiger partial charge in [-0.3, -0.25) is 0 Å². The summed E-state index contributed by atoms with van der Waals surface area (Å²) < 4.78 is 0. The molecule has 0 heterocycles. The van der Waals surface area contributed by atoms with E-state index < -0.39 is 5.97 Å². The fraction of sp³-hybridized carbons (Fsp3) is 0. The van der Waals surface area contributed by atoms with Crippen LogP contribution in [-0.4, -0.2) is 11.1 Å². The first-order valence-corrected chi connectivity index (χ1v) is 5.33. The molecular formula is C15H12O2. The van der Waals surface area contributed by atoms with Crippen LogP contribution in [0.2, 0.25) is 0 Å². The monoisotopic (exact) mass is 224 g/mol. The zero-order chi connectivity index (χ0) is 12.1. The highest BCUT2D eigenvalue weighted by Crippen LogP contribution is 2.18. The fourth-order valence-electron chi connectivity index (χ4n) is 1.60. The minimum atomic E-state index is -0.917. The van der Waals surface area contributed by atoms with Crippen LogP contribution in [0.3, 0.4) is 0 Å². The molecule has 2 heteroatoms. The first-order valence-electron chi connectivity index (χ1n) is 5.33. The van der Waals surface area contributed by atoms with E-state index in [4.69, 9.17) is 0 Å². The van der Waals surface area contributed by atoms with Gasteiger partial charge in [-0.15, -0.1) is 0 Å². The molecule has 0 fully saturated rings. The lowest BCUT2D eigenvalue weighted by Crippen LogP contribution is -1.99. The topological polar surface area (TPSA) is 37.3 Å².